The third kappa shape index (κ3) is 2.20. The minimum atomic E-state index is -1.46. The number of alkyl halides is 1. The lowest BCUT2D eigenvalue weighted by atomic mass is 10.2. The van der Waals surface area contributed by atoms with E-state index >= 15 is 0 Å². The topological polar surface area (TPSA) is 65.2 Å². The van der Waals surface area contributed by atoms with Crippen molar-refractivity contribution < 1.29 is 13.9 Å². The Labute approximate surface area is 101 Å². The Hall–Kier alpha value is -1.07. The summed E-state index contributed by atoms with van der Waals surface area (Å²) in [6.45, 7) is 1.22. The van der Waals surface area contributed by atoms with Gasteiger partial charge in [0.15, 0.2) is 5.69 Å². The Morgan fingerprint density at radius 1 is 1.50 bits per heavy atom. The minimum Gasteiger partial charge on any atom is -0.464 e. The van der Waals surface area contributed by atoms with Crippen molar-refractivity contribution in [3.63, 3.8) is 0 Å². The van der Waals surface area contributed by atoms with Gasteiger partial charge in [-0.2, -0.15) is 0 Å². The largest absolute Gasteiger partial charge is 0.464 e. The summed E-state index contributed by atoms with van der Waals surface area (Å²) in [4.78, 5) is 15.0. The van der Waals surface area contributed by atoms with Gasteiger partial charge in [0.25, 0.3) is 0 Å². The van der Waals surface area contributed by atoms with Crippen LogP contribution in [0.2, 0.25) is 10.0 Å². The second-order valence-electron chi connectivity index (χ2n) is 2.99. The van der Waals surface area contributed by atoms with Crippen LogP contribution >= 0.6 is 23.2 Å². The van der Waals surface area contributed by atoms with Crippen LogP contribution in [-0.4, -0.2) is 18.1 Å². The molecule has 0 bridgehead atoms. The van der Waals surface area contributed by atoms with Gasteiger partial charge in [0.05, 0.1) is 28.5 Å². The summed E-state index contributed by atoms with van der Waals surface area (Å²) in [5.41, 5.74) is 5.07. The molecule has 1 atom stereocenters. The van der Waals surface area contributed by atoms with Crippen molar-refractivity contribution in [3.05, 3.63) is 21.4 Å². The molecule has 16 heavy (non-hydrogen) atoms. The molecule has 7 heteroatoms. The lowest BCUT2D eigenvalue weighted by Gasteiger charge is -2.11. The first-order valence-electron chi connectivity index (χ1n) is 4.26. The molecule has 1 heterocycles. The molecular weight excluding hydrogens is 258 g/mol. The van der Waals surface area contributed by atoms with Crippen molar-refractivity contribution in [2.75, 3.05) is 12.8 Å². The van der Waals surface area contributed by atoms with Gasteiger partial charge in [0.2, 0.25) is 0 Å². The lowest BCUT2D eigenvalue weighted by molar-refractivity contribution is 0.0594. The van der Waals surface area contributed by atoms with Crippen LogP contribution in [0.1, 0.15) is 29.3 Å². The van der Waals surface area contributed by atoms with Crippen LogP contribution in [0.15, 0.2) is 0 Å². The third-order valence-corrected chi connectivity index (χ3v) is 2.67. The predicted molar refractivity (Wildman–Crippen MR) is 59.5 cm³/mol. The van der Waals surface area contributed by atoms with Crippen LogP contribution in [0, 0.1) is 0 Å². The molecule has 2 N–H and O–H groups in total. The molecule has 0 saturated carbocycles. The van der Waals surface area contributed by atoms with Crippen LogP contribution in [0.4, 0.5) is 10.1 Å². The van der Waals surface area contributed by atoms with Gasteiger partial charge in [0, 0.05) is 0 Å². The van der Waals surface area contributed by atoms with Crippen molar-refractivity contribution in [2.45, 2.75) is 13.1 Å². The van der Waals surface area contributed by atoms with Gasteiger partial charge < -0.3 is 10.5 Å². The van der Waals surface area contributed by atoms with Gasteiger partial charge in [0.1, 0.15) is 6.17 Å². The number of esters is 1. The van der Waals surface area contributed by atoms with Crippen LogP contribution in [0.25, 0.3) is 0 Å². The first kappa shape index (κ1) is 13.0. The van der Waals surface area contributed by atoms with E-state index in [0.717, 1.165) is 7.11 Å². The molecule has 0 amide bonds. The van der Waals surface area contributed by atoms with Gasteiger partial charge in [-0.1, -0.05) is 23.2 Å². The SMILES string of the molecule is COC(=O)c1nc(C(C)F)c(Cl)c(N)c1Cl. The van der Waals surface area contributed by atoms with Gasteiger partial charge >= 0.3 is 5.97 Å². The quantitative estimate of drug-likeness (QED) is 0.837. The normalized spacial score (nSPS) is 12.3. The maximum absolute atomic E-state index is 13.2. The predicted octanol–water partition coefficient (Wildman–Crippen LogP) is 2.79. The number of pyridine rings is 1. The number of carbonyl (C=O) groups is 1. The zero-order valence-electron chi connectivity index (χ0n) is 8.55. The number of carbonyl (C=O) groups excluding carboxylic acids is 1. The highest BCUT2D eigenvalue weighted by Gasteiger charge is 2.23. The van der Waals surface area contributed by atoms with Gasteiger partial charge in [-0.05, 0) is 6.92 Å². The fourth-order valence-electron chi connectivity index (χ4n) is 1.08. The number of halogens is 3. The highest BCUT2D eigenvalue weighted by Crippen LogP contribution is 2.35. The molecule has 4 nitrogen and oxygen atoms in total. The number of hydrogen-bond acceptors (Lipinski definition) is 4. The summed E-state index contributed by atoms with van der Waals surface area (Å²) in [7, 11) is 1.16. The number of nitrogens with zero attached hydrogens (tertiary/aromatic N) is 1. The van der Waals surface area contributed by atoms with Gasteiger partial charge in [-0.15, -0.1) is 0 Å². The second-order valence-corrected chi connectivity index (χ2v) is 3.75. The van der Waals surface area contributed by atoms with E-state index in [1.54, 1.807) is 0 Å². The first-order chi connectivity index (χ1) is 7.40. The van der Waals surface area contributed by atoms with Crippen LogP contribution in [0.3, 0.4) is 0 Å². The summed E-state index contributed by atoms with van der Waals surface area (Å²) in [5, 5.41) is -0.228. The molecule has 0 aliphatic carbocycles. The van der Waals surface area contributed by atoms with Crippen molar-refractivity contribution in [3.8, 4) is 0 Å². The molecular formula is C9H9Cl2FN2O2. The second kappa shape index (κ2) is 4.84. The zero-order chi connectivity index (χ0) is 12.5. The van der Waals surface area contributed by atoms with E-state index in [2.05, 4.69) is 9.72 Å². The lowest BCUT2D eigenvalue weighted by Crippen LogP contribution is -2.10. The van der Waals surface area contributed by atoms with E-state index in [0.29, 0.717) is 0 Å². The van der Waals surface area contributed by atoms with E-state index in [-0.39, 0.29) is 27.1 Å². The Balaban J connectivity index is 3.47. The Kier molecular flexibility index (Phi) is 3.93. The molecule has 88 valence electrons. The molecule has 1 unspecified atom stereocenters. The zero-order valence-corrected chi connectivity index (χ0v) is 10.1. The van der Waals surface area contributed by atoms with Crippen molar-refractivity contribution >= 4 is 34.9 Å². The summed E-state index contributed by atoms with van der Waals surface area (Å²) in [6, 6.07) is 0. The number of anilines is 1. The van der Waals surface area contributed by atoms with Gasteiger partial charge in [-0.3, -0.25) is 0 Å². The molecule has 0 aromatic carbocycles. The highest BCUT2D eigenvalue weighted by molar-refractivity contribution is 6.40. The molecule has 0 aliphatic rings. The summed E-state index contributed by atoms with van der Waals surface area (Å²) in [5.74, 6) is -0.796. The Morgan fingerprint density at radius 3 is 2.50 bits per heavy atom. The number of methoxy groups -OCH3 is 1. The van der Waals surface area contributed by atoms with Crippen LogP contribution in [-0.2, 0) is 4.74 Å². The molecule has 0 saturated heterocycles. The van der Waals surface area contributed by atoms with Crippen molar-refractivity contribution in [1.29, 1.82) is 0 Å². The minimum absolute atomic E-state index is 0.0850. The van der Waals surface area contributed by atoms with Crippen molar-refractivity contribution in [1.82, 2.24) is 4.98 Å². The maximum Gasteiger partial charge on any atom is 0.358 e. The number of hydrogen-bond donors (Lipinski definition) is 1. The number of aromatic nitrogens is 1. The number of nitrogens with two attached hydrogens (primary N) is 1. The highest BCUT2D eigenvalue weighted by atomic mass is 35.5. The average Bonchev–Trinajstić information content (AvgIpc) is 2.25. The smallest absolute Gasteiger partial charge is 0.358 e. The molecule has 0 radical (unpaired) electrons. The Morgan fingerprint density at radius 2 is 2.06 bits per heavy atom. The molecule has 1 aromatic rings. The molecule has 0 fully saturated rings. The van der Waals surface area contributed by atoms with E-state index < -0.39 is 12.1 Å². The first-order valence-corrected chi connectivity index (χ1v) is 5.02. The average molecular weight is 267 g/mol. The molecule has 1 aromatic heterocycles. The molecule has 0 aliphatic heterocycles. The number of nitrogen functional groups attached to an aromatic ring is 1. The Bertz CT molecular complexity index is 438. The van der Waals surface area contributed by atoms with E-state index in [1.165, 1.54) is 6.92 Å². The van der Waals surface area contributed by atoms with Gasteiger partial charge in [-0.25, -0.2) is 14.2 Å². The maximum atomic E-state index is 13.2. The summed E-state index contributed by atoms with van der Waals surface area (Å²) >= 11 is 11.5. The number of ether oxygens (including phenoxy) is 1. The molecule has 0 spiro atoms. The van der Waals surface area contributed by atoms with E-state index in [1.807, 2.05) is 0 Å². The van der Waals surface area contributed by atoms with Crippen molar-refractivity contribution in [2.24, 2.45) is 0 Å². The van der Waals surface area contributed by atoms with E-state index in [4.69, 9.17) is 28.9 Å². The third-order valence-electron chi connectivity index (χ3n) is 1.89. The molecule has 1 rings (SSSR count). The summed E-state index contributed by atoms with van der Waals surface area (Å²) < 4.78 is 17.6. The fourth-order valence-corrected chi connectivity index (χ4v) is 1.63. The summed E-state index contributed by atoms with van der Waals surface area (Å²) in [6.07, 6.45) is -1.46. The number of rotatable bonds is 2. The van der Waals surface area contributed by atoms with E-state index in [9.17, 15) is 9.18 Å². The fraction of sp³-hybridized carbons (Fsp3) is 0.333. The monoisotopic (exact) mass is 266 g/mol. The standard InChI is InChI=1S/C9H9Cl2FN2O2/c1-3(12)7-4(10)6(13)5(11)8(14-7)9(15)16-2/h3H,1-2H3,(H2,13,14). The van der Waals surface area contributed by atoms with Crippen LogP contribution < -0.4 is 5.73 Å². The van der Waals surface area contributed by atoms with Crippen LogP contribution in [0.5, 0.6) is 0 Å².